The maximum atomic E-state index is 5.52. The molecular weight excluding hydrogens is 348 g/mol. The third-order valence-corrected chi connectivity index (χ3v) is 4.80. The highest BCUT2D eigenvalue weighted by Gasteiger charge is 2.21. The Balaban J connectivity index is 0.00000196. The Morgan fingerprint density at radius 3 is 2.77 bits per heavy atom. The standard InChI is InChI=1S/C20H22N4O.ClH/c1-14-5-4-9-24(13-14)20-22-12-18(16-6-3-8-21-11-16)19(23-20)17-7-10-25-15(17)2;/h3,6-8,10-12,14H,4-5,9,13H2,1-2H3;1H. The number of aryl methyl sites for hydroxylation is 1. The van der Waals surface area contributed by atoms with Crippen molar-refractivity contribution >= 4 is 18.4 Å². The van der Waals surface area contributed by atoms with Crippen molar-refractivity contribution < 1.29 is 4.42 Å². The Kier molecular flexibility index (Phi) is 5.57. The zero-order chi connectivity index (χ0) is 17.2. The lowest BCUT2D eigenvalue weighted by Crippen LogP contribution is -2.35. The summed E-state index contributed by atoms with van der Waals surface area (Å²) < 4.78 is 5.52. The van der Waals surface area contributed by atoms with Crippen LogP contribution in [0.1, 0.15) is 25.5 Å². The van der Waals surface area contributed by atoms with Crippen molar-refractivity contribution in [3.63, 3.8) is 0 Å². The fraction of sp³-hybridized carbons (Fsp3) is 0.350. The number of nitrogens with zero attached hydrogens (tertiary/aromatic N) is 4. The second-order valence-corrected chi connectivity index (χ2v) is 6.76. The molecule has 3 aromatic rings. The van der Waals surface area contributed by atoms with Crippen molar-refractivity contribution in [2.75, 3.05) is 18.0 Å². The number of anilines is 1. The van der Waals surface area contributed by atoms with Crippen molar-refractivity contribution in [3.8, 4) is 22.4 Å². The van der Waals surface area contributed by atoms with Crippen LogP contribution in [0.4, 0.5) is 5.95 Å². The van der Waals surface area contributed by atoms with E-state index in [1.54, 1.807) is 12.5 Å². The van der Waals surface area contributed by atoms with Crippen LogP contribution in [0, 0.1) is 12.8 Å². The lowest BCUT2D eigenvalue weighted by atomic mass is 10.0. The number of hydrogen-bond donors (Lipinski definition) is 0. The molecule has 4 heterocycles. The number of piperidine rings is 1. The maximum absolute atomic E-state index is 5.52. The van der Waals surface area contributed by atoms with Crippen molar-refractivity contribution in [1.82, 2.24) is 15.0 Å². The smallest absolute Gasteiger partial charge is 0.225 e. The van der Waals surface area contributed by atoms with Crippen LogP contribution in [0.5, 0.6) is 0 Å². The van der Waals surface area contributed by atoms with E-state index < -0.39 is 0 Å². The van der Waals surface area contributed by atoms with Crippen LogP contribution in [0.3, 0.4) is 0 Å². The Bertz CT molecular complexity index is 865. The molecule has 1 saturated heterocycles. The minimum atomic E-state index is 0. The number of pyridine rings is 1. The molecule has 0 amide bonds. The predicted octanol–water partition coefficient (Wildman–Crippen LogP) is 4.77. The second-order valence-electron chi connectivity index (χ2n) is 6.76. The molecule has 1 unspecified atom stereocenters. The molecule has 1 aliphatic rings. The van der Waals surface area contributed by atoms with E-state index in [-0.39, 0.29) is 12.4 Å². The summed E-state index contributed by atoms with van der Waals surface area (Å²) in [4.78, 5) is 16.1. The Morgan fingerprint density at radius 2 is 2.08 bits per heavy atom. The average Bonchev–Trinajstić information content (AvgIpc) is 3.08. The first-order valence-corrected chi connectivity index (χ1v) is 8.79. The van der Waals surface area contributed by atoms with Gasteiger partial charge in [-0.3, -0.25) is 4.98 Å². The zero-order valence-electron chi connectivity index (χ0n) is 15.1. The third kappa shape index (κ3) is 3.58. The summed E-state index contributed by atoms with van der Waals surface area (Å²) in [6.45, 7) is 6.28. The van der Waals surface area contributed by atoms with E-state index >= 15 is 0 Å². The molecule has 3 aromatic heterocycles. The molecule has 6 heteroatoms. The summed E-state index contributed by atoms with van der Waals surface area (Å²) in [5.74, 6) is 2.34. The average molecular weight is 371 g/mol. The van der Waals surface area contributed by atoms with Crippen molar-refractivity contribution in [3.05, 3.63) is 48.8 Å². The van der Waals surface area contributed by atoms with E-state index in [1.165, 1.54) is 12.8 Å². The van der Waals surface area contributed by atoms with Crippen molar-refractivity contribution in [1.29, 1.82) is 0 Å². The van der Waals surface area contributed by atoms with Crippen LogP contribution < -0.4 is 4.90 Å². The summed E-state index contributed by atoms with van der Waals surface area (Å²) in [6.07, 6.45) is 9.71. The lowest BCUT2D eigenvalue weighted by molar-refractivity contribution is 0.442. The molecule has 4 rings (SSSR count). The molecule has 1 aliphatic heterocycles. The van der Waals surface area contributed by atoms with Gasteiger partial charge in [-0.05, 0) is 37.8 Å². The van der Waals surface area contributed by atoms with Crippen LogP contribution in [0.25, 0.3) is 22.4 Å². The van der Waals surface area contributed by atoms with Crippen molar-refractivity contribution in [2.24, 2.45) is 5.92 Å². The molecular formula is C20H23ClN4O. The maximum Gasteiger partial charge on any atom is 0.225 e. The third-order valence-electron chi connectivity index (χ3n) is 4.80. The van der Waals surface area contributed by atoms with E-state index in [2.05, 4.69) is 21.8 Å². The molecule has 0 aliphatic carbocycles. The molecule has 0 radical (unpaired) electrons. The number of hydrogen-bond acceptors (Lipinski definition) is 5. The van der Waals surface area contributed by atoms with E-state index in [1.807, 2.05) is 37.5 Å². The SMILES string of the molecule is Cc1occc1-c1nc(N2CCCC(C)C2)ncc1-c1cccnc1.Cl. The van der Waals surface area contributed by atoms with Gasteiger partial charge in [0.15, 0.2) is 0 Å². The number of halogens is 1. The van der Waals surface area contributed by atoms with Gasteiger partial charge in [0.2, 0.25) is 5.95 Å². The van der Waals surface area contributed by atoms with Gasteiger partial charge in [-0.2, -0.15) is 0 Å². The summed E-state index contributed by atoms with van der Waals surface area (Å²) in [6, 6.07) is 5.94. The quantitative estimate of drug-likeness (QED) is 0.665. The van der Waals surface area contributed by atoms with Gasteiger partial charge >= 0.3 is 0 Å². The predicted molar refractivity (Wildman–Crippen MR) is 106 cm³/mol. The first-order valence-electron chi connectivity index (χ1n) is 8.79. The highest BCUT2D eigenvalue weighted by Crippen LogP contribution is 2.33. The van der Waals surface area contributed by atoms with E-state index in [0.717, 1.165) is 47.2 Å². The summed E-state index contributed by atoms with van der Waals surface area (Å²) in [7, 11) is 0. The Hall–Kier alpha value is -2.40. The largest absolute Gasteiger partial charge is 0.469 e. The number of rotatable bonds is 3. The lowest BCUT2D eigenvalue weighted by Gasteiger charge is -2.31. The van der Waals surface area contributed by atoms with Crippen LogP contribution in [-0.4, -0.2) is 28.0 Å². The molecule has 0 bridgehead atoms. The Morgan fingerprint density at radius 1 is 1.19 bits per heavy atom. The van der Waals surface area contributed by atoms with Gasteiger partial charge in [0.25, 0.3) is 0 Å². The minimum Gasteiger partial charge on any atom is -0.469 e. The van der Waals surface area contributed by atoms with Gasteiger partial charge in [-0.1, -0.05) is 13.0 Å². The Labute approximate surface area is 159 Å². The van der Waals surface area contributed by atoms with E-state index in [4.69, 9.17) is 9.40 Å². The van der Waals surface area contributed by atoms with Crippen molar-refractivity contribution in [2.45, 2.75) is 26.7 Å². The van der Waals surface area contributed by atoms with E-state index in [9.17, 15) is 0 Å². The first-order chi connectivity index (χ1) is 12.2. The molecule has 0 saturated carbocycles. The second kappa shape index (κ2) is 7.87. The molecule has 0 N–H and O–H groups in total. The molecule has 136 valence electrons. The van der Waals surface area contributed by atoms with Crippen LogP contribution in [0.2, 0.25) is 0 Å². The molecule has 0 spiro atoms. The van der Waals surface area contributed by atoms with Crippen LogP contribution >= 0.6 is 12.4 Å². The number of aromatic nitrogens is 3. The zero-order valence-corrected chi connectivity index (χ0v) is 15.9. The van der Waals surface area contributed by atoms with Gasteiger partial charge in [0.05, 0.1) is 12.0 Å². The van der Waals surface area contributed by atoms with Gasteiger partial charge in [0, 0.05) is 48.4 Å². The fourth-order valence-corrected chi connectivity index (χ4v) is 3.47. The van der Waals surface area contributed by atoms with Crippen LogP contribution in [-0.2, 0) is 0 Å². The van der Waals surface area contributed by atoms with Gasteiger partial charge in [-0.25, -0.2) is 9.97 Å². The number of furan rings is 1. The van der Waals surface area contributed by atoms with Crippen LogP contribution in [0.15, 0.2) is 47.5 Å². The summed E-state index contributed by atoms with van der Waals surface area (Å²) >= 11 is 0. The topological polar surface area (TPSA) is 55.1 Å². The van der Waals surface area contributed by atoms with Gasteiger partial charge in [-0.15, -0.1) is 12.4 Å². The first kappa shape index (κ1) is 18.4. The highest BCUT2D eigenvalue weighted by molar-refractivity contribution is 5.85. The molecule has 26 heavy (non-hydrogen) atoms. The molecule has 0 aromatic carbocycles. The highest BCUT2D eigenvalue weighted by atomic mass is 35.5. The van der Waals surface area contributed by atoms with E-state index in [0.29, 0.717) is 5.92 Å². The summed E-state index contributed by atoms with van der Waals surface area (Å²) in [5, 5.41) is 0. The fourth-order valence-electron chi connectivity index (χ4n) is 3.47. The molecule has 5 nitrogen and oxygen atoms in total. The van der Waals surface area contributed by atoms with Gasteiger partial charge in [0.1, 0.15) is 5.76 Å². The monoisotopic (exact) mass is 370 g/mol. The minimum absolute atomic E-state index is 0. The molecule has 1 fully saturated rings. The normalized spacial score (nSPS) is 17.0. The molecule has 1 atom stereocenters. The summed E-state index contributed by atoms with van der Waals surface area (Å²) in [5.41, 5.74) is 3.90. The van der Waals surface area contributed by atoms with Gasteiger partial charge < -0.3 is 9.32 Å².